The van der Waals surface area contributed by atoms with Crippen LogP contribution in [0.2, 0.25) is 5.02 Å². The topological polar surface area (TPSA) is 72.5 Å². The molecule has 5 rings (SSSR count). The van der Waals surface area contributed by atoms with Crippen LogP contribution in [0, 0.1) is 19.8 Å². The van der Waals surface area contributed by atoms with E-state index < -0.39 is 0 Å². The number of piperidine rings is 1. The number of nitrogens with zero attached hydrogens (tertiary/aromatic N) is 5. The largest absolute Gasteiger partial charge is 0.342 e. The molecular formula is C25H26ClN5O2S. The monoisotopic (exact) mass is 495 g/mol. The summed E-state index contributed by atoms with van der Waals surface area (Å²) in [5.41, 5.74) is 3.65. The molecule has 0 unspecified atom stereocenters. The van der Waals surface area contributed by atoms with Crippen molar-refractivity contribution in [2.75, 3.05) is 13.1 Å². The predicted octanol–water partition coefficient (Wildman–Crippen LogP) is 4.68. The minimum absolute atomic E-state index is 0.0551. The van der Waals surface area contributed by atoms with Gasteiger partial charge in [0.15, 0.2) is 4.96 Å². The fourth-order valence-corrected chi connectivity index (χ4v) is 5.65. The Hall–Kier alpha value is -2.97. The molecule has 1 saturated heterocycles. The number of para-hydroxylation sites is 1. The summed E-state index contributed by atoms with van der Waals surface area (Å²) >= 11 is 7.76. The molecule has 3 aromatic heterocycles. The number of thiazole rings is 1. The Labute approximate surface area is 206 Å². The molecule has 0 bridgehead atoms. The SMILES string of the molecule is Cc1nc2scc(CC(=O)N3CCC(C)CC3)n2c(=O)c1-c1cc(C)n(-c2ccccc2Cl)n1. The van der Waals surface area contributed by atoms with Crippen LogP contribution in [0.3, 0.4) is 0 Å². The Morgan fingerprint density at radius 2 is 1.94 bits per heavy atom. The number of carbonyl (C=O) groups excluding carboxylic acids is 1. The molecule has 7 nitrogen and oxygen atoms in total. The highest BCUT2D eigenvalue weighted by Crippen LogP contribution is 2.26. The highest BCUT2D eigenvalue weighted by molar-refractivity contribution is 7.15. The molecule has 4 aromatic rings. The molecule has 176 valence electrons. The number of likely N-dealkylation sites (tertiary alicyclic amines) is 1. The highest BCUT2D eigenvalue weighted by atomic mass is 35.5. The summed E-state index contributed by atoms with van der Waals surface area (Å²) in [5, 5.41) is 7.15. The molecule has 9 heteroatoms. The van der Waals surface area contributed by atoms with Gasteiger partial charge in [-0.05, 0) is 50.8 Å². The molecule has 0 saturated carbocycles. The van der Waals surface area contributed by atoms with Gasteiger partial charge in [-0.25, -0.2) is 9.67 Å². The van der Waals surface area contributed by atoms with E-state index in [1.165, 1.54) is 11.3 Å². The highest BCUT2D eigenvalue weighted by Gasteiger charge is 2.24. The lowest BCUT2D eigenvalue weighted by atomic mass is 9.99. The van der Waals surface area contributed by atoms with Gasteiger partial charge in [0.2, 0.25) is 5.91 Å². The summed E-state index contributed by atoms with van der Waals surface area (Å²) in [6.45, 7) is 7.52. The van der Waals surface area contributed by atoms with Crippen LogP contribution in [0.15, 0.2) is 40.5 Å². The smallest absolute Gasteiger partial charge is 0.268 e. The molecule has 1 aromatic carbocycles. The fourth-order valence-electron chi connectivity index (χ4n) is 4.51. The van der Waals surface area contributed by atoms with E-state index in [2.05, 4.69) is 11.9 Å². The van der Waals surface area contributed by atoms with E-state index >= 15 is 0 Å². The van der Waals surface area contributed by atoms with Gasteiger partial charge in [-0.15, -0.1) is 11.3 Å². The lowest BCUT2D eigenvalue weighted by Gasteiger charge is -2.30. The Morgan fingerprint density at radius 1 is 1.21 bits per heavy atom. The predicted molar refractivity (Wildman–Crippen MR) is 135 cm³/mol. The molecule has 1 aliphatic rings. The van der Waals surface area contributed by atoms with E-state index in [4.69, 9.17) is 16.7 Å². The number of hydrogen-bond donors (Lipinski definition) is 0. The van der Waals surface area contributed by atoms with Gasteiger partial charge in [-0.1, -0.05) is 30.7 Å². The minimum atomic E-state index is -0.206. The summed E-state index contributed by atoms with van der Waals surface area (Å²) in [6.07, 6.45) is 2.23. The number of amides is 1. The second-order valence-corrected chi connectivity index (χ2v) is 10.2. The normalized spacial score (nSPS) is 14.8. The number of aromatic nitrogens is 4. The maximum atomic E-state index is 13.7. The molecule has 1 fully saturated rings. The van der Waals surface area contributed by atoms with Crippen molar-refractivity contribution >= 4 is 33.8 Å². The van der Waals surface area contributed by atoms with E-state index in [-0.39, 0.29) is 17.9 Å². The number of benzene rings is 1. The zero-order valence-corrected chi connectivity index (χ0v) is 21.0. The number of carbonyl (C=O) groups is 1. The number of rotatable bonds is 4. The number of fused-ring (bicyclic) bond motifs is 1. The van der Waals surface area contributed by atoms with E-state index in [0.717, 1.165) is 37.3 Å². The van der Waals surface area contributed by atoms with Gasteiger partial charge in [0.05, 0.1) is 28.4 Å². The van der Waals surface area contributed by atoms with E-state index in [1.807, 2.05) is 54.5 Å². The van der Waals surface area contributed by atoms with Gasteiger partial charge in [0, 0.05) is 29.9 Å². The Bertz CT molecular complexity index is 1450. The molecule has 0 radical (unpaired) electrons. The minimum Gasteiger partial charge on any atom is -0.342 e. The molecular weight excluding hydrogens is 470 g/mol. The summed E-state index contributed by atoms with van der Waals surface area (Å²) < 4.78 is 3.31. The Morgan fingerprint density at radius 3 is 2.68 bits per heavy atom. The van der Waals surface area contributed by atoms with Crippen molar-refractivity contribution in [3.63, 3.8) is 0 Å². The first-order valence-corrected chi connectivity index (χ1v) is 12.7. The van der Waals surface area contributed by atoms with Crippen molar-refractivity contribution in [2.24, 2.45) is 5.92 Å². The average molecular weight is 496 g/mol. The lowest BCUT2D eigenvalue weighted by molar-refractivity contribution is -0.131. The zero-order chi connectivity index (χ0) is 24.0. The Balaban J connectivity index is 1.54. The van der Waals surface area contributed by atoms with E-state index in [0.29, 0.717) is 38.5 Å². The van der Waals surface area contributed by atoms with Crippen LogP contribution < -0.4 is 5.56 Å². The maximum Gasteiger partial charge on any atom is 0.268 e. The number of hydrogen-bond acceptors (Lipinski definition) is 5. The quantitative estimate of drug-likeness (QED) is 0.412. The van der Waals surface area contributed by atoms with Crippen LogP contribution in [0.5, 0.6) is 0 Å². The van der Waals surface area contributed by atoms with Crippen molar-refractivity contribution in [3.8, 4) is 16.9 Å². The molecule has 4 heterocycles. The summed E-state index contributed by atoms with van der Waals surface area (Å²) in [5.74, 6) is 0.705. The van der Waals surface area contributed by atoms with Gasteiger partial charge in [0.25, 0.3) is 5.56 Å². The van der Waals surface area contributed by atoms with E-state index in [9.17, 15) is 9.59 Å². The molecule has 0 spiro atoms. The summed E-state index contributed by atoms with van der Waals surface area (Å²) in [4.78, 5) is 33.8. The first-order chi connectivity index (χ1) is 16.3. The van der Waals surface area contributed by atoms with Crippen LogP contribution >= 0.6 is 22.9 Å². The van der Waals surface area contributed by atoms with Crippen LogP contribution in [0.25, 0.3) is 21.9 Å². The Kier molecular flexibility index (Phi) is 6.04. The van der Waals surface area contributed by atoms with Gasteiger partial charge in [-0.2, -0.15) is 5.10 Å². The van der Waals surface area contributed by atoms with Crippen molar-refractivity contribution in [3.05, 3.63) is 68.2 Å². The van der Waals surface area contributed by atoms with Gasteiger partial charge in [0.1, 0.15) is 5.69 Å². The molecule has 34 heavy (non-hydrogen) atoms. The zero-order valence-electron chi connectivity index (χ0n) is 19.4. The second-order valence-electron chi connectivity index (χ2n) is 9.00. The molecule has 0 N–H and O–H groups in total. The first kappa shape index (κ1) is 22.8. The molecule has 0 atom stereocenters. The number of aryl methyl sites for hydroxylation is 2. The van der Waals surface area contributed by atoms with Gasteiger partial charge >= 0.3 is 0 Å². The lowest BCUT2D eigenvalue weighted by Crippen LogP contribution is -2.39. The molecule has 1 aliphatic heterocycles. The standard InChI is InChI=1S/C25H26ClN5O2S/c1-15-8-10-29(11-9-15)22(32)13-18-14-34-25-27-17(3)23(24(33)30(18)25)20-12-16(2)31(28-20)21-7-5-4-6-19(21)26/h4-7,12,14-15H,8-11,13H2,1-3H3. The van der Waals surface area contributed by atoms with E-state index in [1.54, 1.807) is 9.08 Å². The second kappa shape index (κ2) is 9.00. The summed E-state index contributed by atoms with van der Waals surface area (Å²) in [6, 6.07) is 9.32. The van der Waals surface area contributed by atoms with Crippen LogP contribution in [0.1, 0.15) is 36.8 Å². The van der Waals surface area contributed by atoms with Crippen LogP contribution in [-0.2, 0) is 11.2 Å². The van der Waals surface area contributed by atoms with Crippen molar-refractivity contribution in [1.29, 1.82) is 0 Å². The van der Waals surface area contributed by atoms with Crippen LogP contribution in [0.4, 0.5) is 0 Å². The average Bonchev–Trinajstić information content (AvgIpc) is 3.38. The molecule has 0 aliphatic carbocycles. The molecule has 1 amide bonds. The third-order valence-corrected chi connectivity index (χ3v) is 7.71. The van der Waals surface area contributed by atoms with Crippen molar-refractivity contribution < 1.29 is 4.79 Å². The summed E-state index contributed by atoms with van der Waals surface area (Å²) in [7, 11) is 0. The van der Waals surface area contributed by atoms with Gasteiger partial charge < -0.3 is 4.90 Å². The first-order valence-electron chi connectivity index (χ1n) is 11.4. The maximum absolute atomic E-state index is 13.7. The van der Waals surface area contributed by atoms with Crippen molar-refractivity contribution in [2.45, 2.75) is 40.0 Å². The fraction of sp³-hybridized carbons (Fsp3) is 0.360. The van der Waals surface area contributed by atoms with Crippen molar-refractivity contribution in [1.82, 2.24) is 24.1 Å². The van der Waals surface area contributed by atoms with Gasteiger partial charge in [-0.3, -0.25) is 14.0 Å². The van der Waals surface area contributed by atoms with Crippen LogP contribution in [-0.4, -0.2) is 43.1 Å². The third-order valence-electron chi connectivity index (χ3n) is 6.51. The third kappa shape index (κ3) is 4.05. The number of halogens is 1.